The molecule has 0 radical (unpaired) electrons. The van der Waals surface area contributed by atoms with Gasteiger partial charge in [0.05, 0.1) is 18.5 Å². The third kappa shape index (κ3) is 0.949. The SMILES string of the molecule is CN1CCN(N=O)C1. The van der Waals surface area contributed by atoms with Crippen LogP contribution < -0.4 is 0 Å². The normalized spacial score (nSPS) is 21.9. The van der Waals surface area contributed by atoms with Crippen molar-refractivity contribution in [2.75, 3.05) is 26.8 Å². The summed E-state index contributed by atoms with van der Waals surface area (Å²) in [6.45, 7) is 2.41. The van der Waals surface area contributed by atoms with Crippen LogP contribution in [0.2, 0.25) is 0 Å². The summed E-state index contributed by atoms with van der Waals surface area (Å²) in [5.74, 6) is 0. The molecule has 46 valence electrons. The average molecular weight is 115 g/mol. The number of rotatable bonds is 1. The summed E-state index contributed by atoms with van der Waals surface area (Å²) in [6, 6.07) is 0. The van der Waals surface area contributed by atoms with Crippen LogP contribution in [0.15, 0.2) is 5.29 Å². The van der Waals surface area contributed by atoms with Gasteiger partial charge in [-0.15, -0.1) is 4.91 Å². The van der Waals surface area contributed by atoms with Crippen LogP contribution >= 0.6 is 0 Å². The summed E-state index contributed by atoms with van der Waals surface area (Å²) in [4.78, 5) is 11.8. The van der Waals surface area contributed by atoms with E-state index in [2.05, 4.69) is 5.29 Å². The van der Waals surface area contributed by atoms with E-state index in [1.165, 1.54) is 5.01 Å². The van der Waals surface area contributed by atoms with E-state index in [-0.39, 0.29) is 0 Å². The van der Waals surface area contributed by atoms with Crippen molar-refractivity contribution >= 4 is 0 Å². The van der Waals surface area contributed by atoms with Gasteiger partial charge in [0.15, 0.2) is 0 Å². The maximum Gasteiger partial charge on any atom is 0.0910 e. The molecule has 0 aromatic rings. The molecule has 0 N–H and O–H groups in total. The van der Waals surface area contributed by atoms with Crippen LogP contribution in [-0.4, -0.2) is 36.7 Å². The van der Waals surface area contributed by atoms with Crippen LogP contribution in [0.25, 0.3) is 0 Å². The van der Waals surface area contributed by atoms with Crippen LogP contribution in [0.1, 0.15) is 0 Å². The molecule has 4 nitrogen and oxygen atoms in total. The molecule has 0 bridgehead atoms. The molecule has 1 heterocycles. The van der Waals surface area contributed by atoms with Crippen LogP contribution in [0, 0.1) is 4.91 Å². The van der Waals surface area contributed by atoms with Gasteiger partial charge in [0.25, 0.3) is 0 Å². The van der Waals surface area contributed by atoms with Gasteiger partial charge in [-0.1, -0.05) is 0 Å². The molecule has 1 aliphatic rings. The highest BCUT2D eigenvalue weighted by atomic mass is 16.3. The molecule has 1 fully saturated rings. The third-order valence-electron chi connectivity index (χ3n) is 1.26. The van der Waals surface area contributed by atoms with Gasteiger partial charge in [-0.05, 0) is 7.05 Å². The number of nitrogens with zero attached hydrogens (tertiary/aromatic N) is 3. The maximum atomic E-state index is 9.80. The van der Waals surface area contributed by atoms with E-state index in [1.807, 2.05) is 11.9 Å². The van der Waals surface area contributed by atoms with Gasteiger partial charge < -0.3 is 0 Å². The van der Waals surface area contributed by atoms with Gasteiger partial charge >= 0.3 is 0 Å². The topological polar surface area (TPSA) is 35.9 Å². The number of likely N-dealkylation sites (N-methyl/N-ethyl adjacent to an activating group) is 1. The lowest BCUT2D eigenvalue weighted by molar-refractivity contribution is 0.282. The third-order valence-corrected chi connectivity index (χ3v) is 1.26. The predicted octanol–water partition coefficient (Wildman–Crippen LogP) is -0.127. The van der Waals surface area contributed by atoms with Crippen molar-refractivity contribution in [3.05, 3.63) is 4.91 Å². The van der Waals surface area contributed by atoms with Crippen LogP contribution in [0.5, 0.6) is 0 Å². The summed E-state index contributed by atoms with van der Waals surface area (Å²) in [6.07, 6.45) is 0. The molecule has 0 spiro atoms. The Kier molecular flexibility index (Phi) is 1.43. The molecule has 0 aliphatic carbocycles. The minimum Gasteiger partial charge on any atom is -0.286 e. The quantitative estimate of drug-likeness (QED) is 0.447. The van der Waals surface area contributed by atoms with Crippen LogP contribution in [0.3, 0.4) is 0 Å². The molecule has 0 unspecified atom stereocenters. The number of nitroso groups, excluding NO2 is 1. The van der Waals surface area contributed by atoms with Crippen molar-refractivity contribution in [2.45, 2.75) is 0 Å². The first-order valence-corrected chi connectivity index (χ1v) is 2.59. The first-order valence-electron chi connectivity index (χ1n) is 2.59. The van der Waals surface area contributed by atoms with Crippen molar-refractivity contribution in [3.63, 3.8) is 0 Å². The zero-order valence-electron chi connectivity index (χ0n) is 4.87. The largest absolute Gasteiger partial charge is 0.286 e. The summed E-state index contributed by atoms with van der Waals surface area (Å²) in [5.41, 5.74) is 0. The Morgan fingerprint density at radius 3 is 2.50 bits per heavy atom. The Labute approximate surface area is 48.0 Å². The highest BCUT2D eigenvalue weighted by Crippen LogP contribution is 1.99. The van der Waals surface area contributed by atoms with Crippen molar-refractivity contribution < 1.29 is 0 Å². The van der Waals surface area contributed by atoms with E-state index in [0.29, 0.717) is 6.67 Å². The van der Waals surface area contributed by atoms with E-state index in [9.17, 15) is 4.91 Å². The lowest BCUT2D eigenvalue weighted by Gasteiger charge is -2.04. The van der Waals surface area contributed by atoms with Crippen LogP contribution in [0.4, 0.5) is 0 Å². The van der Waals surface area contributed by atoms with E-state index in [1.54, 1.807) is 0 Å². The maximum absolute atomic E-state index is 9.80. The molecule has 8 heavy (non-hydrogen) atoms. The van der Waals surface area contributed by atoms with Crippen LogP contribution in [-0.2, 0) is 0 Å². The Morgan fingerprint density at radius 2 is 2.25 bits per heavy atom. The molecule has 4 heteroatoms. The molecule has 1 saturated heterocycles. The molecular formula is C4H9N3O. The van der Waals surface area contributed by atoms with E-state index in [4.69, 9.17) is 0 Å². The minimum absolute atomic E-state index is 0.684. The average Bonchev–Trinajstić information content (AvgIpc) is 2.14. The Morgan fingerprint density at radius 1 is 1.50 bits per heavy atom. The van der Waals surface area contributed by atoms with Gasteiger partial charge in [0.2, 0.25) is 0 Å². The molecule has 0 saturated carbocycles. The second-order valence-electron chi connectivity index (χ2n) is 2.03. The molecule has 0 atom stereocenters. The van der Waals surface area contributed by atoms with Gasteiger partial charge in [0.1, 0.15) is 0 Å². The molecule has 0 amide bonds. The van der Waals surface area contributed by atoms with Crippen molar-refractivity contribution in [1.82, 2.24) is 9.91 Å². The fraction of sp³-hybridized carbons (Fsp3) is 1.00. The van der Waals surface area contributed by atoms with Gasteiger partial charge in [-0.2, -0.15) is 0 Å². The molecule has 0 aromatic heterocycles. The predicted molar refractivity (Wildman–Crippen MR) is 30.0 cm³/mol. The fourth-order valence-corrected chi connectivity index (χ4v) is 0.773. The molecule has 0 aromatic carbocycles. The lowest BCUT2D eigenvalue weighted by Crippen LogP contribution is -2.17. The van der Waals surface area contributed by atoms with Crippen molar-refractivity contribution in [2.24, 2.45) is 5.29 Å². The van der Waals surface area contributed by atoms with Gasteiger partial charge in [-0.3, -0.25) is 4.90 Å². The van der Waals surface area contributed by atoms with E-state index >= 15 is 0 Å². The van der Waals surface area contributed by atoms with Gasteiger partial charge in [0, 0.05) is 6.54 Å². The zero-order valence-corrected chi connectivity index (χ0v) is 4.87. The molecule has 1 rings (SSSR count). The first kappa shape index (κ1) is 5.50. The Bertz CT molecular complexity index is 95.3. The highest BCUT2D eigenvalue weighted by Gasteiger charge is 2.14. The first-order chi connectivity index (χ1) is 3.83. The Hall–Kier alpha value is -0.640. The highest BCUT2D eigenvalue weighted by molar-refractivity contribution is 4.62. The smallest absolute Gasteiger partial charge is 0.0910 e. The Balaban J connectivity index is 2.32. The summed E-state index contributed by atoms with van der Waals surface area (Å²) in [7, 11) is 1.96. The molecule has 1 aliphatic heterocycles. The molecular weight excluding hydrogens is 106 g/mol. The summed E-state index contributed by atoms with van der Waals surface area (Å²) >= 11 is 0. The summed E-state index contributed by atoms with van der Waals surface area (Å²) in [5, 5.41) is 4.28. The number of hydrogen-bond acceptors (Lipinski definition) is 3. The van der Waals surface area contributed by atoms with Crippen molar-refractivity contribution in [3.8, 4) is 0 Å². The second-order valence-corrected chi connectivity index (χ2v) is 2.03. The monoisotopic (exact) mass is 115 g/mol. The number of hydrogen-bond donors (Lipinski definition) is 0. The fourth-order valence-electron chi connectivity index (χ4n) is 0.773. The standard InChI is InChI=1S/C4H9N3O/c1-6-2-3-7(4-6)5-8/h2-4H2,1H3. The minimum atomic E-state index is 0.684. The zero-order chi connectivity index (χ0) is 5.98. The summed E-state index contributed by atoms with van der Waals surface area (Å²) < 4.78 is 0. The van der Waals surface area contributed by atoms with Crippen molar-refractivity contribution in [1.29, 1.82) is 0 Å². The van der Waals surface area contributed by atoms with E-state index in [0.717, 1.165) is 13.1 Å². The lowest BCUT2D eigenvalue weighted by atomic mass is 10.7. The van der Waals surface area contributed by atoms with E-state index < -0.39 is 0 Å². The second kappa shape index (κ2) is 2.09. The van der Waals surface area contributed by atoms with Gasteiger partial charge in [-0.25, -0.2) is 5.01 Å².